The van der Waals surface area contributed by atoms with Crippen LogP contribution in [0.2, 0.25) is 0 Å². The van der Waals surface area contributed by atoms with Crippen LogP contribution in [0.1, 0.15) is 69.2 Å². The highest BCUT2D eigenvalue weighted by Gasteiger charge is 2.32. The van der Waals surface area contributed by atoms with E-state index >= 15 is 0 Å². The highest BCUT2D eigenvalue weighted by Crippen LogP contribution is 2.30. The van der Waals surface area contributed by atoms with Crippen molar-refractivity contribution in [2.45, 2.75) is 6.92 Å². The van der Waals surface area contributed by atoms with Gasteiger partial charge in [0.15, 0.2) is 23.1 Å². The third-order valence-electron chi connectivity index (χ3n) is 6.34. The quantitative estimate of drug-likeness (QED) is 0.203. The van der Waals surface area contributed by atoms with E-state index in [0.29, 0.717) is 16.7 Å². The van der Waals surface area contributed by atoms with Crippen LogP contribution in [0.25, 0.3) is 12.2 Å². The van der Waals surface area contributed by atoms with Gasteiger partial charge in [-0.25, -0.2) is 0 Å². The zero-order valence-electron chi connectivity index (χ0n) is 20.1. The van der Waals surface area contributed by atoms with Gasteiger partial charge in [0.05, 0.1) is 0 Å². The Morgan fingerprint density at radius 3 is 1.73 bits per heavy atom. The molecule has 0 saturated heterocycles. The predicted octanol–water partition coefficient (Wildman–Crippen LogP) is 6.56. The second-order valence-electron chi connectivity index (χ2n) is 8.86. The van der Waals surface area contributed by atoms with Gasteiger partial charge in [0.25, 0.3) is 0 Å². The molecule has 1 aliphatic carbocycles. The van der Waals surface area contributed by atoms with Crippen molar-refractivity contribution in [3.8, 4) is 0 Å². The second-order valence-corrected chi connectivity index (χ2v) is 8.86. The number of ketones is 4. The van der Waals surface area contributed by atoms with E-state index in [0.717, 1.165) is 16.7 Å². The fourth-order valence-corrected chi connectivity index (χ4v) is 4.32. The molecule has 5 rings (SSSR count). The first-order valence-corrected chi connectivity index (χ1v) is 11.9. The summed E-state index contributed by atoms with van der Waals surface area (Å²) >= 11 is 0. The van der Waals surface area contributed by atoms with Crippen molar-refractivity contribution in [2.75, 3.05) is 0 Å². The molecule has 0 fully saturated rings. The van der Waals surface area contributed by atoms with Gasteiger partial charge in [0.2, 0.25) is 0 Å². The van der Waals surface area contributed by atoms with Crippen molar-refractivity contribution in [2.24, 2.45) is 0 Å². The molecule has 0 amide bonds. The van der Waals surface area contributed by atoms with Crippen molar-refractivity contribution in [1.82, 2.24) is 0 Å². The van der Waals surface area contributed by atoms with Gasteiger partial charge < -0.3 is 0 Å². The Labute approximate surface area is 214 Å². The summed E-state index contributed by atoms with van der Waals surface area (Å²) in [6.45, 7) is 1.97. The SMILES string of the molecule is Cc1ccc(C(=O)/C=C/c2ccc(/C=C/C(=O)c3cccc4c3C(=O)c3ccccc3C4=O)cc2)cc1. The van der Waals surface area contributed by atoms with Crippen LogP contribution >= 0.6 is 0 Å². The number of allylic oxidation sites excluding steroid dienone is 2. The highest BCUT2D eigenvalue weighted by atomic mass is 16.1. The molecule has 0 spiro atoms. The lowest BCUT2D eigenvalue weighted by atomic mass is 9.81. The summed E-state index contributed by atoms with van der Waals surface area (Å²) in [5, 5.41) is 0. The Morgan fingerprint density at radius 2 is 1.11 bits per heavy atom. The predicted molar refractivity (Wildman–Crippen MR) is 144 cm³/mol. The van der Waals surface area contributed by atoms with E-state index in [1.165, 1.54) is 12.2 Å². The molecular formula is C33H22O4. The van der Waals surface area contributed by atoms with Gasteiger partial charge in [-0.2, -0.15) is 0 Å². The first kappa shape index (κ1) is 23.8. The van der Waals surface area contributed by atoms with Gasteiger partial charge in [-0.1, -0.05) is 109 Å². The summed E-state index contributed by atoms with van der Waals surface area (Å²) in [6, 6.07) is 26.2. The lowest BCUT2D eigenvalue weighted by molar-refractivity contribution is 0.0972. The van der Waals surface area contributed by atoms with Crippen LogP contribution in [0.3, 0.4) is 0 Å². The molecule has 1 aliphatic rings. The number of fused-ring (bicyclic) bond motifs is 2. The molecule has 4 heteroatoms. The zero-order valence-corrected chi connectivity index (χ0v) is 20.1. The van der Waals surface area contributed by atoms with Crippen molar-refractivity contribution in [3.63, 3.8) is 0 Å². The average Bonchev–Trinajstić information content (AvgIpc) is 2.94. The molecule has 4 nitrogen and oxygen atoms in total. The van der Waals surface area contributed by atoms with Crippen LogP contribution in [0.4, 0.5) is 0 Å². The number of hydrogen-bond donors (Lipinski definition) is 0. The van der Waals surface area contributed by atoms with Gasteiger partial charge >= 0.3 is 0 Å². The summed E-state index contributed by atoms with van der Waals surface area (Å²) < 4.78 is 0. The maximum absolute atomic E-state index is 13.1. The maximum atomic E-state index is 13.1. The Hall–Kier alpha value is -4.96. The Morgan fingerprint density at radius 1 is 0.568 bits per heavy atom. The van der Waals surface area contributed by atoms with Gasteiger partial charge in [-0.3, -0.25) is 19.2 Å². The van der Waals surface area contributed by atoms with Crippen LogP contribution in [-0.4, -0.2) is 23.1 Å². The molecule has 0 heterocycles. The Balaban J connectivity index is 1.32. The van der Waals surface area contributed by atoms with E-state index in [1.807, 2.05) is 43.3 Å². The molecule has 0 radical (unpaired) electrons. The topological polar surface area (TPSA) is 68.3 Å². The number of benzene rings is 4. The molecule has 0 unspecified atom stereocenters. The Bertz CT molecular complexity index is 1620. The van der Waals surface area contributed by atoms with Crippen molar-refractivity contribution >= 4 is 35.3 Å². The van der Waals surface area contributed by atoms with E-state index in [4.69, 9.17) is 0 Å². The molecule has 0 N–H and O–H groups in total. The molecule has 4 aromatic rings. The van der Waals surface area contributed by atoms with Gasteiger partial charge in [0.1, 0.15) is 0 Å². The van der Waals surface area contributed by atoms with Crippen molar-refractivity contribution in [3.05, 3.63) is 153 Å². The van der Waals surface area contributed by atoms with Crippen LogP contribution in [0.5, 0.6) is 0 Å². The first-order valence-electron chi connectivity index (χ1n) is 11.9. The molecular weight excluding hydrogens is 460 g/mol. The number of aryl methyl sites for hydroxylation is 1. The zero-order chi connectivity index (χ0) is 25.9. The highest BCUT2D eigenvalue weighted by molar-refractivity contribution is 6.31. The summed E-state index contributed by atoms with van der Waals surface area (Å²) in [6.07, 6.45) is 6.35. The molecule has 0 aliphatic heterocycles. The van der Waals surface area contributed by atoms with E-state index in [1.54, 1.807) is 66.7 Å². The molecule has 178 valence electrons. The van der Waals surface area contributed by atoms with Gasteiger partial charge in [0, 0.05) is 33.4 Å². The average molecular weight is 483 g/mol. The minimum Gasteiger partial charge on any atom is -0.289 e. The molecule has 0 saturated carbocycles. The molecule has 37 heavy (non-hydrogen) atoms. The molecule has 0 aromatic heterocycles. The van der Waals surface area contributed by atoms with Gasteiger partial charge in [-0.15, -0.1) is 0 Å². The standard InChI is InChI=1S/C33H22O4/c1-21-9-17-24(18-10-21)29(34)19-15-22-11-13-23(14-12-22)16-20-30(35)27-7-4-8-28-31(27)33(37)26-6-3-2-5-25(26)32(28)36/h2-20H,1H3/b19-15+,20-16+. The summed E-state index contributed by atoms with van der Waals surface area (Å²) in [5.74, 6) is -1.01. The van der Waals surface area contributed by atoms with E-state index in [9.17, 15) is 19.2 Å². The largest absolute Gasteiger partial charge is 0.289 e. The monoisotopic (exact) mass is 482 g/mol. The van der Waals surface area contributed by atoms with Crippen molar-refractivity contribution in [1.29, 1.82) is 0 Å². The second kappa shape index (κ2) is 9.96. The fraction of sp³-hybridized carbons (Fsp3) is 0.0303. The van der Waals surface area contributed by atoms with E-state index in [2.05, 4.69) is 0 Å². The molecule has 0 atom stereocenters. The summed E-state index contributed by atoms with van der Waals surface area (Å²) in [4.78, 5) is 51.5. The van der Waals surface area contributed by atoms with Crippen molar-refractivity contribution < 1.29 is 19.2 Å². The Kier molecular flexibility index (Phi) is 6.40. The minimum absolute atomic E-state index is 0.0728. The molecule has 0 bridgehead atoms. The smallest absolute Gasteiger partial charge is 0.195 e. The number of hydrogen-bond acceptors (Lipinski definition) is 4. The third kappa shape index (κ3) is 4.78. The van der Waals surface area contributed by atoms with Gasteiger partial charge in [-0.05, 0) is 30.2 Å². The van der Waals surface area contributed by atoms with E-state index in [-0.39, 0.29) is 39.8 Å². The summed E-state index contributed by atoms with van der Waals surface area (Å²) in [7, 11) is 0. The van der Waals surface area contributed by atoms with E-state index < -0.39 is 0 Å². The lowest BCUT2D eigenvalue weighted by Crippen LogP contribution is -2.23. The fourth-order valence-electron chi connectivity index (χ4n) is 4.32. The van der Waals surface area contributed by atoms with Crippen LogP contribution < -0.4 is 0 Å². The third-order valence-corrected chi connectivity index (χ3v) is 6.34. The normalized spacial score (nSPS) is 12.6. The number of rotatable bonds is 6. The maximum Gasteiger partial charge on any atom is 0.195 e. The number of carbonyl (C=O) groups excluding carboxylic acids is 4. The molecule has 4 aromatic carbocycles. The van der Waals surface area contributed by atoms with Crippen LogP contribution in [0.15, 0.2) is 103 Å². The van der Waals surface area contributed by atoms with Crippen LogP contribution in [0, 0.1) is 6.92 Å². The number of carbonyl (C=O) groups is 4. The first-order chi connectivity index (χ1) is 17.9. The lowest BCUT2D eigenvalue weighted by Gasteiger charge is -2.19. The summed E-state index contributed by atoms with van der Waals surface area (Å²) in [5.41, 5.74) is 4.64. The minimum atomic E-state index is -0.356. The van der Waals surface area contributed by atoms with Crippen LogP contribution in [-0.2, 0) is 0 Å².